The van der Waals surface area contributed by atoms with Crippen molar-refractivity contribution < 1.29 is 13.7 Å². The fourth-order valence-electron chi connectivity index (χ4n) is 1.41. The van der Waals surface area contributed by atoms with Crippen molar-refractivity contribution in [1.29, 1.82) is 0 Å². The lowest BCUT2D eigenvalue weighted by molar-refractivity contribution is -0.115. The number of methoxy groups -OCH3 is 1. The summed E-state index contributed by atoms with van der Waals surface area (Å²) in [6, 6.07) is 2.99. The van der Waals surface area contributed by atoms with Crippen LogP contribution in [0.3, 0.4) is 0 Å². The van der Waals surface area contributed by atoms with Crippen molar-refractivity contribution in [3.8, 4) is 0 Å². The second kappa shape index (κ2) is 8.46. The van der Waals surface area contributed by atoms with Crippen molar-refractivity contribution in [1.82, 2.24) is 0 Å². The molecule has 1 atom stereocenters. The number of benzene rings is 1. The first kappa shape index (κ1) is 17.2. The van der Waals surface area contributed by atoms with Gasteiger partial charge in [0.1, 0.15) is 0 Å². The highest BCUT2D eigenvalue weighted by atomic mass is 35.5. The zero-order valence-corrected chi connectivity index (χ0v) is 13.3. The van der Waals surface area contributed by atoms with Crippen molar-refractivity contribution in [2.45, 2.75) is 6.42 Å². The molecule has 8 heteroatoms. The Kier molecular flexibility index (Phi) is 7.29. The van der Waals surface area contributed by atoms with Crippen LogP contribution in [0.15, 0.2) is 12.1 Å². The van der Waals surface area contributed by atoms with E-state index in [2.05, 4.69) is 5.32 Å². The van der Waals surface area contributed by atoms with E-state index in [1.807, 2.05) is 0 Å². The second-order valence-corrected chi connectivity index (χ2v) is 6.53. The minimum atomic E-state index is -1.08. The van der Waals surface area contributed by atoms with Crippen LogP contribution in [0.1, 0.15) is 6.42 Å². The predicted molar refractivity (Wildman–Crippen MR) is 83.9 cm³/mol. The zero-order valence-electron chi connectivity index (χ0n) is 10.9. The summed E-state index contributed by atoms with van der Waals surface area (Å²) in [6.07, 6.45) is 0.120. The van der Waals surface area contributed by atoms with Crippen molar-refractivity contribution in [3.05, 3.63) is 22.2 Å². The largest absolute Gasteiger partial charge is 0.397 e. The Hall–Kier alpha value is -0.820. The number of carbonyl (C=O) groups is 1. The first-order chi connectivity index (χ1) is 9.43. The van der Waals surface area contributed by atoms with Crippen LogP contribution in [0.25, 0.3) is 0 Å². The Balaban J connectivity index is 2.53. The van der Waals surface area contributed by atoms with Gasteiger partial charge in [0.25, 0.3) is 0 Å². The molecule has 0 aliphatic carbocycles. The van der Waals surface area contributed by atoms with E-state index in [0.717, 1.165) is 0 Å². The molecule has 0 aromatic heterocycles. The van der Waals surface area contributed by atoms with Crippen LogP contribution >= 0.6 is 23.2 Å². The lowest BCUT2D eigenvalue weighted by Crippen LogP contribution is -2.17. The van der Waals surface area contributed by atoms with Crippen LogP contribution in [-0.2, 0) is 20.3 Å². The molecule has 3 N–H and O–H groups in total. The van der Waals surface area contributed by atoms with E-state index in [1.54, 1.807) is 0 Å². The number of ether oxygens (including phenoxy) is 1. The molecule has 0 fully saturated rings. The quantitative estimate of drug-likeness (QED) is 0.747. The van der Waals surface area contributed by atoms with Crippen LogP contribution in [-0.4, -0.2) is 35.3 Å². The molecule has 0 radical (unpaired) electrons. The van der Waals surface area contributed by atoms with Gasteiger partial charge in [-0.05, 0) is 12.1 Å². The topological polar surface area (TPSA) is 81.4 Å². The summed E-state index contributed by atoms with van der Waals surface area (Å²) in [7, 11) is 0.453. The molecule has 0 spiro atoms. The normalized spacial score (nSPS) is 12.2. The minimum absolute atomic E-state index is 0.120. The lowest BCUT2D eigenvalue weighted by Gasteiger charge is -2.10. The smallest absolute Gasteiger partial charge is 0.225 e. The molecular weight excluding hydrogens is 323 g/mol. The molecule has 0 saturated heterocycles. The zero-order chi connectivity index (χ0) is 15.1. The third-order valence-electron chi connectivity index (χ3n) is 2.42. The van der Waals surface area contributed by atoms with Crippen LogP contribution < -0.4 is 11.1 Å². The van der Waals surface area contributed by atoms with Gasteiger partial charge in [-0.2, -0.15) is 0 Å². The van der Waals surface area contributed by atoms with Crippen molar-refractivity contribution in [2.75, 3.05) is 36.3 Å². The van der Waals surface area contributed by atoms with Gasteiger partial charge in [-0.25, -0.2) is 0 Å². The van der Waals surface area contributed by atoms with E-state index in [-0.39, 0.29) is 28.8 Å². The van der Waals surface area contributed by atoms with Gasteiger partial charge in [0.2, 0.25) is 5.91 Å². The first-order valence-electron chi connectivity index (χ1n) is 5.82. The number of halogens is 2. The van der Waals surface area contributed by atoms with E-state index in [4.69, 9.17) is 33.7 Å². The van der Waals surface area contributed by atoms with Gasteiger partial charge in [0, 0.05) is 40.9 Å². The Morgan fingerprint density at radius 3 is 2.70 bits per heavy atom. The van der Waals surface area contributed by atoms with Crippen LogP contribution in [0.2, 0.25) is 10.0 Å². The summed E-state index contributed by atoms with van der Waals surface area (Å²) in [6.45, 7) is 0.407. The number of amides is 1. The summed E-state index contributed by atoms with van der Waals surface area (Å²) >= 11 is 11.7. The maximum absolute atomic E-state index is 11.8. The number of anilines is 2. The molecule has 0 saturated carbocycles. The average molecular weight is 339 g/mol. The number of carbonyl (C=O) groups excluding carboxylic acids is 1. The lowest BCUT2D eigenvalue weighted by atomic mass is 10.2. The van der Waals surface area contributed by atoms with Crippen molar-refractivity contribution in [2.24, 2.45) is 0 Å². The molecule has 1 aromatic carbocycles. The highest BCUT2D eigenvalue weighted by Gasteiger charge is 2.11. The first-order valence-corrected chi connectivity index (χ1v) is 8.06. The molecule has 20 heavy (non-hydrogen) atoms. The molecular formula is C12H16Cl2N2O3S. The number of hydrogen-bond donors (Lipinski definition) is 2. The van der Waals surface area contributed by atoms with E-state index in [1.165, 1.54) is 19.2 Å². The molecule has 1 amide bonds. The molecule has 112 valence electrons. The molecule has 1 unspecified atom stereocenters. The van der Waals surface area contributed by atoms with Crippen molar-refractivity contribution in [3.63, 3.8) is 0 Å². The number of rotatable bonds is 7. The van der Waals surface area contributed by atoms with Gasteiger partial charge in [0.05, 0.1) is 23.0 Å². The summed E-state index contributed by atoms with van der Waals surface area (Å²) in [5.41, 5.74) is 6.34. The maximum atomic E-state index is 11.8. The Morgan fingerprint density at radius 1 is 1.40 bits per heavy atom. The number of nitrogens with one attached hydrogen (secondary N) is 1. The van der Waals surface area contributed by atoms with Crippen LogP contribution in [0.4, 0.5) is 11.4 Å². The van der Waals surface area contributed by atoms with Gasteiger partial charge in [0.15, 0.2) is 0 Å². The van der Waals surface area contributed by atoms with Crippen LogP contribution in [0.5, 0.6) is 0 Å². The molecule has 1 aromatic rings. The summed E-state index contributed by atoms with van der Waals surface area (Å²) in [4.78, 5) is 11.8. The second-order valence-electron chi connectivity index (χ2n) is 3.99. The summed E-state index contributed by atoms with van der Waals surface area (Å²) in [5, 5.41) is 3.26. The monoisotopic (exact) mass is 338 g/mol. The maximum Gasteiger partial charge on any atom is 0.225 e. The minimum Gasteiger partial charge on any atom is -0.397 e. The average Bonchev–Trinajstić information content (AvgIpc) is 2.38. The van der Waals surface area contributed by atoms with E-state index in [0.29, 0.717) is 23.1 Å². The van der Waals surface area contributed by atoms with E-state index >= 15 is 0 Å². The molecule has 1 rings (SSSR count). The SMILES string of the molecule is COCCS(=O)CCC(=O)Nc1c(N)cc(Cl)cc1Cl. The molecule has 0 bridgehead atoms. The highest BCUT2D eigenvalue weighted by Crippen LogP contribution is 2.32. The standard InChI is InChI=1S/C12H16Cl2N2O3S/c1-19-3-5-20(18)4-2-11(17)16-12-9(14)6-8(13)7-10(12)15/h6-7H,2-5,15H2,1H3,(H,16,17). The van der Waals surface area contributed by atoms with Gasteiger partial charge < -0.3 is 15.8 Å². The summed E-state index contributed by atoms with van der Waals surface area (Å²) in [5.74, 6) is 0.375. The molecule has 0 aliphatic heterocycles. The van der Waals surface area contributed by atoms with Gasteiger partial charge in [-0.1, -0.05) is 23.2 Å². The highest BCUT2D eigenvalue weighted by molar-refractivity contribution is 7.85. The molecule has 5 nitrogen and oxygen atoms in total. The third-order valence-corrected chi connectivity index (χ3v) is 4.22. The van der Waals surface area contributed by atoms with Crippen LogP contribution in [0, 0.1) is 0 Å². The van der Waals surface area contributed by atoms with Gasteiger partial charge in [-0.3, -0.25) is 9.00 Å². The van der Waals surface area contributed by atoms with Gasteiger partial charge in [-0.15, -0.1) is 0 Å². The Bertz CT molecular complexity index is 488. The Morgan fingerprint density at radius 2 is 2.10 bits per heavy atom. The van der Waals surface area contributed by atoms with E-state index in [9.17, 15) is 9.00 Å². The Labute approximate surface area is 130 Å². The number of nitrogen functional groups attached to an aromatic ring is 1. The predicted octanol–water partition coefficient (Wildman–Crippen LogP) is 2.30. The third kappa shape index (κ3) is 5.66. The molecule has 0 aliphatic rings. The molecule has 0 heterocycles. The van der Waals surface area contributed by atoms with Gasteiger partial charge >= 0.3 is 0 Å². The van der Waals surface area contributed by atoms with E-state index < -0.39 is 10.8 Å². The fourth-order valence-corrected chi connectivity index (χ4v) is 2.94. The summed E-state index contributed by atoms with van der Waals surface area (Å²) < 4.78 is 16.3. The van der Waals surface area contributed by atoms with Crippen molar-refractivity contribution >= 4 is 51.3 Å². The number of nitrogens with two attached hydrogens (primary N) is 1. The fraction of sp³-hybridized carbons (Fsp3) is 0.417. The number of hydrogen-bond acceptors (Lipinski definition) is 4.